The summed E-state index contributed by atoms with van der Waals surface area (Å²) in [5, 5.41) is 19.1. The van der Waals surface area contributed by atoms with Crippen LogP contribution in [0.15, 0.2) is 18.2 Å². The van der Waals surface area contributed by atoms with Crippen molar-refractivity contribution in [1.29, 1.82) is 5.26 Å². The Hall–Kier alpha value is -1.74. The van der Waals surface area contributed by atoms with Gasteiger partial charge >= 0.3 is 6.18 Å². The molecule has 6 heteroatoms. The number of hydrogen-bond donors (Lipinski definition) is 1. The molecule has 0 atom stereocenters. The molecular weight excluding hydrogens is 269 g/mol. The van der Waals surface area contributed by atoms with E-state index in [0.717, 1.165) is 18.6 Å². The van der Waals surface area contributed by atoms with Crippen molar-refractivity contribution in [3.63, 3.8) is 0 Å². The Labute approximate surface area is 115 Å². The van der Waals surface area contributed by atoms with Crippen molar-refractivity contribution in [3.05, 3.63) is 29.3 Å². The van der Waals surface area contributed by atoms with Crippen LogP contribution in [0.3, 0.4) is 0 Å². The topological polar surface area (TPSA) is 47.3 Å². The highest BCUT2D eigenvalue weighted by atomic mass is 19.4. The van der Waals surface area contributed by atoms with Gasteiger partial charge in [-0.15, -0.1) is 0 Å². The standard InChI is InChI=1S/C14H15F3N2O/c1-2-5-13(20)8-19(9-13)12-4-3-11(14(15,16)17)6-10(12)7-18/h3-4,6,20H,2,5,8-9H2,1H3. The number of anilines is 1. The number of benzene rings is 1. The van der Waals surface area contributed by atoms with Crippen LogP contribution in [0.5, 0.6) is 0 Å². The molecular formula is C14H15F3N2O. The Morgan fingerprint density at radius 3 is 2.55 bits per heavy atom. The van der Waals surface area contributed by atoms with Crippen molar-refractivity contribution in [3.8, 4) is 6.07 Å². The largest absolute Gasteiger partial charge is 0.416 e. The smallest absolute Gasteiger partial charge is 0.386 e. The summed E-state index contributed by atoms with van der Waals surface area (Å²) in [4.78, 5) is 1.73. The second-order valence-corrected chi connectivity index (χ2v) is 5.17. The SMILES string of the molecule is CCCC1(O)CN(c2ccc(C(F)(F)F)cc2C#N)C1. The summed E-state index contributed by atoms with van der Waals surface area (Å²) in [5.74, 6) is 0. The van der Waals surface area contributed by atoms with Gasteiger partial charge in [0.1, 0.15) is 6.07 Å². The number of nitrogens with zero attached hydrogens (tertiary/aromatic N) is 2. The van der Waals surface area contributed by atoms with Crippen LogP contribution in [0.2, 0.25) is 0 Å². The molecule has 1 heterocycles. The van der Waals surface area contributed by atoms with Crippen molar-refractivity contribution in [2.24, 2.45) is 0 Å². The zero-order valence-corrected chi connectivity index (χ0v) is 11.0. The minimum atomic E-state index is -4.46. The van der Waals surface area contributed by atoms with Gasteiger partial charge in [0, 0.05) is 13.1 Å². The van der Waals surface area contributed by atoms with Gasteiger partial charge in [-0.25, -0.2) is 0 Å². The van der Waals surface area contributed by atoms with Crippen molar-refractivity contribution in [2.75, 3.05) is 18.0 Å². The second-order valence-electron chi connectivity index (χ2n) is 5.17. The van der Waals surface area contributed by atoms with Crippen LogP contribution in [-0.2, 0) is 6.18 Å². The van der Waals surface area contributed by atoms with Gasteiger partial charge in [-0.2, -0.15) is 18.4 Å². The molecule has 3 nitrogen and oxygen atoms in total. The molecule has 1 aliphatic rings. The molecule has 0 radical (unpaired) electrons. The molecule has 0 bridgehead atoms. The zero-order chi connectivity index (χ0) is 15.0. The van der Waals surface area contributed by atoms with Gasteiger partial charge in [-0.1, -0.05) is 13.3 Å². The Kier molecular flexibility index (Phi) is 3.65. The van der Waals surface area contributed by atoms with Crippen LogP contribution in [0, 0.1) is 11.3 Å². The normalized spacial score (nSPS) is 17.5. The van der Waals surface area contributed by atoms with Gasteiger partial charge in [-0.3, -0.25) is 0 Å². The van der Waals surface area contributed by atoms with Crippen molar-refractivity contribution in [2.45, 2.75) is 31.5 Å². The van der Waals surface area contributed by atoms with E-state index in [-0.39, 0.29) is 5.56 Å². The fourth-order valence-corrected chi connectivity index (χ4v) is 2.54. The molecule has 0 aliphatic carbocycles. The first-order valence-electron chi connectivity index (χ1n) is 6.38. The zero-order valence-electron chi connectivity index (χ0n) is 11.0. The van der Waals surface area contributed by atoms with Gasteiger partial charge in [0.2, 0.25) is 0 Å². The minimum absolute atomic E-state index is 0.0154. The van der Waals surface area contributed by atoms with Gasteiger partial charge in [0.05, 0.1) is 22.4 Å². The fraction of sp³-hybridized carbons (Fsp3) is 0.500. The van der Waals surface area contributed by atoms with E-state index < -0.39 is 17.3 Å². The van der Waals surface area contributed by atoms with Crippen LogP contribution in [0.25, 0.3) is 0 Å². The summed E-state index contributed by atoms with van der Waals surface area (Å²) >= 11 is 0. The maximum Gasteiger partial charge on any atom is 0.416 e. The molecule has 1 aromatic carbocycles. The first-order chi connectivity index (χ1) is 9.29. The lowest BCUT2D eigenvalue weighted by atomic mass is 9.88. The molecule has 0 spiro atoms. The molecule has 1 N–H and O–H groups in total. The molecule has 0 aromatic heterocycles. The van der Waals surface area contributed by atoms with Gasteiger partial charge in [-0.05, 0) is 24.6 Å². The summed E-state index contributed by atoms with van der Waals surface area (Å²) in [6.45, 7) is 2.65. The lowest BCUT2D eigenvalue weighted by Gasteiger charge is -2.48. The summed E-state index contributed by atoms with van der Waals surface area (Å²) in [5.41, 5.74) is -1.19. The number of halogens is 3. The number of nitriles is 1. The van der Waals surface area contributed by atoms with Crippen LogP contribution in [-0.4, -0.2) is 23.8 Å². The highest BCUT2D eigenvalue weighted by Gasteiger charge is 2.41. The van der Waals surface area contributed by atoms with Gasteiger partial charge < -0.3 is 10.0 Å². The summed E-state index contributed by atoms with van der Waals surface area (Å²) in [6, 6.07) is 4.91. The lowest BCUT2D eigenvalue weighted by molar-refractivity contribution is -0.137. The van der Waals surface area contributed by atoms with Crippen molar-refractivity contribution >= 4 is 5.69 Å². The average Bonchev–Trinajstić information content (AvgIpc) is 2.34. The quantitative estimate of drug-likeness (QED) is 0.928. The maximum absolute atomic E-state index is 12.6. The molecule has 20 heavy (non-hydrogen) atoms. The van der Waals surface area contributed by atoms with E-state index in [1.54, 1.807) is 11.0 Å². The molecule has 2 rings (SSSR count). The van der Waals surface area contributed by atoms with E-state index in [4.69, 9.17) is 5.26 Å². The Balaban J connectivity index is 2.21. The van der Waals surface area contributed by atoms with E-state index >= 15 is 0 Å². The number of hydrogen-bond acceptors (Lipinski definition) is 3. The molecule has 0 saturated carbocycles. The van der Waals surface area contributed by atoms with Crippen LogP contribution in [0.1, 0.15) is 30.9 Å². The molecule has 0 unspecified atom stereocenters. The van der Waals surface area contributed by atoms with E-state index in [1.165, 1.54) is 6.07 Å². The monoisotopic (exact) mass is 284 g/mol. The van der Waals surface area contributed by atoms with Gasteiger partial charge in [0.25, 0.3) is 0 Å². The van der Waals surface area contributed by atoms with E-state index in [1.807, 2.05) is 6.92 Å². The summed E-state index contributed by atoms with van der Waals surface area (Å²) < 4.78 is 37.8. The number of aliphatic hydroxyl groups is 1. The van der Waals surface area contributed by atoms with E-state index in [0.29, 0.717) is 25.2 Å². The summed E-state index contributed by atoms with van der Waals surface area (Å²) in [6.07, 6.45) is -2.98. The third-order valence-corrected chi connectivity index (χ3v) is 3.47. The Morgan fingerprint density at radius 2 is 2.05 bits per heavy atom. The number of alkyl halides is 3. The van der Waals surface area contributed by atoms with Gasteiger partial charge in [0.15, 0.2) is 0 Å². The average molecular weight is 284 g/mol. The third-order valence-electron chi connectivity index (χ3n) is 3.47. The van der Waals surface area contributed by atoms with Crippen LogP contribution < -0.4 is 4.90 Å². The number of β-amino-alcohol motifs (C(OH)–C–C–N with tert-alkyl or cyclic N) is 1. The van der Waals surface area contributed by atoms with Crippen LogP contribution >= 0.6 is 0 Å². The van der Waals surface area contributed by atoms with Crippen molar-refractivity contribution < 1.29 is 18.3 Å². The molecule has 108 valence electrons. The second kappa shape index (κ2) is 4.98. The summed E-state index contributed by atoms with van der Waals surface area (Å²) in [7, 11) is 0. The predicted octanol–water partition coefficient (Wildman–Crippen LogP) is 2.93. The molecule has 0 amide bonds. The Morgan fingerprint density at radius 1 is 1.40 bits per heavy atom. The molecule has 1 aromatic rings. The van der Waals surface area contributed by atoms with Crippen LogP contribution in [0.4, 0.5) is 18.9 Å². The van der Waals surface area contributed by atoms with Crippen molar-refractivity contribution in [1.82, 2.24) is 0 Å². The predicted molar refractivity (Wildman–Crippen MR) is 68.2 cm³/mol. The van der Waals surface area contributed by atoms with E-state index in [9.17, 15) is 18.3 Å². The minimum Gasteiger partial charge on any atom is -0.386 e. The lowest BCUT2D eigenvalue weighted by Crippen LogP contribution is -2.62. The fourth-order valence-electron chi connectivity index (χ4n) is 2.54. The maximum atomic E-state index is 12.6. The first-order valence-corrected chi connectivity index (χ1v) is 6.38. The first kappa shape index (κ1) is 14.7. The third kappa shape index (κ3) is 2.73. The van der Waals surface area contributed by atoms with E-state index in [2.05, 4.69) is 0 Å². The highest BCUT2D eigenvalue weighted by Crippen LogP contribution is 2.36. The Bertz CT molecular complexity index is 542. The number of rotatable bonds is 3. The molecule has 1 saturated heterocycles. The molecule has 1 aliphatic heterocycles. The highest BCUT2D eigenvalue weighted by molar-refractivity contribution is 5.62. The molecule has 1 fully saturated rings.